The van der Waals surface area contributed by atoms with Crippen molar-refractivity contribution in [2.24, 2.45) is 0 Å². The maximum Gasteiger partial charge on any atom is 0.0650 e. The second kappa shape index (κ2) is 2.98. The molecule has 0 bridgehead atoms. The fraction of sp³-hybridized carbons (Fsp3) is 1.00. The van der Waals surface area contributed by atoms with Crippen LogP contribution < -0.4 is 0 Å². The second-order valence-electron chi connectivity index (χ2n) is 3.90. The maximum atomic E-state index is 9.58. The minimum absolute atomic E-state index is 0.205. The van der Waals surface area contributed by atoms with E-state index in [0.717, 1.165) is 24.5 Å². The average Bonchev–Trinajstić information content (AvgIpc) is 2.53. The van der Waals surface area contributed by atoms with E-state index in [9.17, 15) is 5.11 Å². The van der Waals surface area contributed by atoms with Crippen LogP contribution in [0.15, 0.2) is 0 Å². The largest absolute Gasteiger partial charge is 0.390 e. The number of hydrogen-bond acceptors (Lipinski definition) is 2. The van der Waals surface area contributed by atoms with E-state index < -0.39 is 0 Å². The molecule has 2 fully saturated rings. The molecule has 64 valence electrons. The van der Waals surface area contributed by atoms with E-state index in [1.165, 1.54) is 25.0 Å². The standard InChI is InChI=1S/C9H16OS/c10-9(5-6-9)4-3-8-2-1-7-11-8/h8,10H,1-7H2. The molecule has 0 radical (unpaired) electrons. The van der Waals surface area contributed by atoms with Gasteiger partial charge in [0, 0.05) is 5.25 Å². The molecule has 1 saturated heterocycles. The number of thioether (sulfide) groups is 1. The van der Waals surface area contributed by atoms with Crippen molar-refractivity contribution >= 4 is 11.8 Å². The zero-order valence-electron chi connectivity index (χ0n) is 6.88. The third kappa shape index (κ3) is 2.12. The number of aliphatic hydroxyl groups is 1. The Hall–Kier alpha value is 0.310. The summed E-state index contributed by atoms with van der Waals surface area (Å²) in [5, 5.41) is 10.5. The van der Waals surface area contributed by atoms with Crippen molar-refractivity contribution in [3.8, 4) is 0 Å². The van der Waals surface area contributed by atoms with Gasteiger partial charge in [-0.2, -0.15) is 11.8 Å². The van der Waals surface area contributed by atoms with Crippen molar-refractivity contribution in [2.75, 3.05) is 5.75 Å². The highest BCUT2D eigenvalue weighted by atomic mass is 32.2. The van der Waals surface area contributed by atoms with Gasteiger partial charge in [0.1, 0.15) is 0 Å². The Morgan fingerprint density at radius 2 is 2.27 bits per heavy atom. The summed E-state index contributed by atoms with van der Waals surface area (Å²) in [7, 11) is 0. The fourth-order valence-corrected chi connectivity index (χ4v) is 2.98. The lowest BCUT2D eigenvalue weighted by Crippen LogP contribution is -2.09. The maximum absolute atomic E-state index is 9.58. The summed E-state index contributed by atoms with van der Waals surface area (Å²) < 4.78 is 0. The van der Waals surface area contributed by atoms with Crippen LogP contribution in [0.25, 0.3) is 0 Å². The minimum Gasteiger partial charge on any atom is -0.390 e. The molecule has 1 N–H and O–H groups in total. The molecular weight excluding hydrogens is 156 g/mol. The molecule has 1 aliphatic carbocycles. The first kappa shape index (κ1) is 7.93. The van der Waals surface area contributed by atoms with Crippen molar-refractivity contribution in [2.45, 2.75) is 49.4 Å². The van der Waals surface area contributed by atoms with Gasteiger partial charge in [-0.25, -0.2) is 0 Å². The first-order chi connectivity index (χ1) is 5.29. The first-order valence-corrected chi connectivity index (χ1v) is 5.67. The van der Waals surface area contributed by atoms with E-state index in [1.54, 1.807) is 0 Å². The summed E-state index contributed by atoms with van der Waals surface area (Å²) in [6, 6.07) is 0. The van der Waals surface area contributed by atoms with E-state index >= 15 is 0 Å². The highest BCUT2D eigenvalue weighted by Crippen LogP contribution is 2.42. The number of rotatable bonds is 3. The molecule has 2 rings (SSSR count). The molecule has 2 heteroatoms. The molecule has 1 unspecified atom stereocenters. The van der Waals surface area contributed by atoms with Gasteiger partial charge in [0.25, 0.3) is 0 Å². The lowest BCUT2D eigenvalue weighted by molar-refractivity contribution is 0.137. The monoisotopic (exact) mass is 172 g/mol. The third-order valence-corrected chi connectivity index (χ3v) is 4.25. The van der Waals surface area contributed by atoms with Crippen molar-refractivity contribution in [3.63, 3.8) is 0 Å². The van der Waals surface area contributed by atoms with Crippen molar-refractivity contribution in [1.82, 2.24) is 0 Å². The predicted octanol–water partition coefficient (Wildman–Crippen LogP) is 2.19. The summed E-state index contributed by atoms with van der Waals surface area (Å²) in [4.78, 5) is 0. The highest BCUT2D eigenvalue weighted by molar-refractivity contribution is 8.00. The summed E-state index contributed by atoms with van der Waals surface area (Å²) in [6.45, 7) is 0. The third-order valence-electron chi connectivity index (χ3n) is 2.78. The van der Waals surface area contributed by atoms with Gasteiger partial charge in [-0.1, -0.05) is 0 Å². The Balaban J connectivity index is 1.65. The normalized spacial score (nSPS) is 34.1. The SMILES string of the molecule is OC1(CCC2CCCS2)CC1. The molecule has 1 nitrogen and oxygen atoms in total. The van der Waals surface area contributed by atoms with Crippen LogP contribution in [-0.4, -0.2) is 21.7 Å². The zero-order valence-corrected chi connectivity index (χ0v) is 7.70. The van der Waals surface area contributed by atoms with Gasteiger partial charge in [0.15, 0.2) is 0 Å². The molecular formula is C9H16OS. The Kier molecular flexibility index (Phi) is 2.15. The second-order valence-corrected chi connectivity index (χ2v) is 5.31. The van der Waals surface area contributed by atoms with Crippen LogP contribution in [0.2, 0.25) is 0 Å². The fourth-order valence-electron chi connectivity index (χ4n) is 1.70. The Labute approximate surface area is 72.6 Å². The first-order valence-electron chi connectivity index (χ1n) is 4.63. The molecule has 11 heavy (non-hydrogen) atoms. The van der Waals surface area contributed by atoms with E-state index in [2.05, 4.69) is 11.8 Å². The molecule has 1 atom stereocenters. The van der Waals surface area contributed by atoms with Crippen LogP contribution in [0.4, 0.5) is 0 Å². The van der Waals surface area contributed by atoms with E-state index in [-0.39, 0.29) is 5.60 Å². The Bertz CT molecular complexity index is 136. The molecule has 2 aliphatic rings. The van der Waals surface area contributed by atoms with Gasteiger partial charge in [0.05, 0.1) is 5.60 Å². The van der Waals surface area contributed by atoms with Gasteiger partial charge in [-0.05, 0) is 44.3 Å². The Morgan fingerprint density at radius 3 is 2.82 bits per heavy atom. The molecule has 1 aliphatic heterocycles. The zero-order chi connectivity index (χ0) is 7.73. The predicted molar refractivity (Wildman–Crippen MR) is 48.9 cm³/mol. The lowest BCUT2D eigenvalue weighted by atomic mass is 10.1. The van der Waals surface area contributed by atoms with Gasteiger partial charge in [-0.3, -0.25) is 0 Å². The molecule has 1 heterocycles. The van der Waals surface area contributed by atoms with E-state index in [1.807, 2.05) is 0 Å². The van der Waals surface area contributed by atoms with Crippen molar-refractivity contribution < 1.29 is 5.11 Å². The summed E-state index contributed by atoms with van der Waals surface area (Å²) in [6.07, 6.45) is 7.22. The molecule has 0 amide bonds. The van der Waals surface area contributed by atoms with E-state index in [4.69, 9.17) is 0 Å². The van der Waals surface area contributed by atoms with Crippen LogP contribution >= 0.6 is 11.8 Å². The van der Waals surface area contributed by atoms with Crippen LogP contribution in [0, 0.1) is 0 Å². The van der Waals surface area contributed by atoms with Gasteiger partial charge < -0.3 is 5.11 Å². The van der Waals surface area contributed by atoms with Gasteiger partial charge in [-0.15, -0.1) is 0 Å². The van der Waals surface area contributed by atoms with Crippen LogP contribution in [0.5, 0.6) is 0 Å². The topological polar surface area (TPSA) is 20.2 Å². The number of hydrogen-bond donors (Lipinski definition) is 1. The Morgan fingerprint density at radius 1 is 1.45 bits per heavy atom. The molecule has 0 aromatic carbocycles. The summed E-state index contributed by atoms with van der Waals surface area (Å²) in [5.41, 5.74) is -0.205. The van der Waals surface area contributed by atoms with Crippen LogP contribution in [0.3, 0.4) is 0 Å². The highest BCUT2D eigenvalue weighted by Gasteiger charge is 2.40. The molecule has 0 aromatic heterocycles. The van der Waals surface area contributed by atoms with Gasteiger partial charge in [0.2, 0.25) is 0 Å². The molecule has 0 spiro atoms. The molecule has 0 aromatic rings. The quantitative estimate of drug-likeness (QED) is 0.704. The minimum atomic E-state index is -0.205. The van der Waals surface area contributed by atoms with Crippen molar-refractivity contribution in [3.05, 3.63) is 0 Å². The van der Waals surface area contributed by atoms with E-state index in [0.29, 0.717) is 0 Å². The van der Waals surface area contributed by atoms with Crippen LogP contribution in [0.1, 0.15) is 38.5 Å². The van der Waals surface area contributed by atoms with Crippen LogP contribution in [-0.2, 0) is 0 Å². The average molecular weight is 172 g/mol. The van der Waals surface area contributed by atoms with Crippen molar-refractivity contribution in [1.29, 1.82) is 0 Å². The smallest absolute Gasteiger partial charge is 0.0650 e. The summed E-state index contributed by atoms with van der Waals surface area (Å²) >= 11 is 2.10. The lowest BCUT2D eigenvalue weighted by Gasteiger charge is -2.11. The van der Waals surface area contributed by atoms with Gasteiger partial charge >= 0.3 is 0 Å². The molecule has 1 saturated carbocycles. The summed E-state index contributed by atoms with van der Waals surface area (Å²) in [5.74, 6) is 1.35.